The number of benzene rings is 2. The van der Waals surface area contributed by atoms with Crippen LogP contribution in [0.25, 0.3) is 0 Å². The van der Waals surface area contributed by atoms with Crippen LogP contribution in [0.3, 0.4) is 0 Å². The first-order valence-electron chi connectivity index (χ1n) is 9.58. The highest BCUT2D eigenvalue weighted by Gasteiger charge is 2.67. The highest BCUT2D eigenvalue weighted by atomic mass is 35.5. The Kier molecular flexibility index (Phi) is 3.84. The number of halogens is 1. The van der Waals surface area contributed by atoms with Crippen LogP contribution in [0, 0.1) is 5.92 Å². The van der Waals surface area contributed by atoms with Gasteiger partial charge in [0, 0.05) is 23.2 Å². The van der Waals surface area contributed by atoms with Crippen molar-refractivity contribution in [2.75, 3.05) is 24.5 Å². The monoisotopic (exact) mass is 366 g/mol. The van der Waals surface area contributed by atoms with Gasteiger partial charge in [-0.15, -0.1) is 0 Å². The van der Waals surface area contributed by atoms with Crippen molar-refractivity contribution in [3.8, 4) is 0 Å². The lowest BCUT2D eigenvalue weighted by Gasteiger charge is -2.28. The van der Waals surface area contributed by atoms with E-state index in [1.54, 1.807) is 0 Å². The topological polar surface area (TPSA) is 32.3 Å². The summed E-state index contributed by atoms with van der Waals surface area (Å²) in [6.45, 7) is 2.98. The van der Waals surface area contributed by atoms with E-state index < -0.39 is 0 Å². The van der Waals surface area contributed by atoms with Gasteiger partial charge in [0.1, 0.15) is 0 Å². The molecule has 2 aromatic carbocycles. The van der Waals surface area contributed by atoms with Crippen molar-refractivity contribution in [1.29, 1.82) is 0 Å². The highest BCUT2D eigenvalue weighted by molar-refractivity contribution is 6.30. The molecular weight excluding hydrogens is 344 g/mol. The molecule has 1 unspecified atom stereocenters. The molecule has 0 bridgehead atoms. The molecule has 3 aliphatic rings. The Balaban J connectivity index is 1.48. The molecule has 26 heavy (non-hydrogen) atoms. The Morgan fingerprint density at radius 1 is 1.08 bits per heavy atom. The van der Waals surface area contributed by atoms with Gasteiger partial charge in [0.25, 0.3) is 0 Å². The van der Waals surface area contributed by atoms with Crippen LogP contribution < -0.4 is 10.2 Å². The van der Waals surface area contributed by atoms with E-state index in [1.807, 2.05) is 12.1 Å². The Bertz CT molecular complexity index is 843. The third-order valence-corrected chi connectivity index (χ3v) is 6.69. The largest absolute Gasteiger partial charge is 0.317 e. The predicted octanol–water partition coefficient (Wildman–Crippen LogP) is 4.11. The van der Waals surface area contributed by atoms with Crippen molar-refractivity contribution in [2.45, 2.75) is 30.6 Å². The minimum absolute atomic E-state index is 0.270. The first kappa shape index (κ1) is 16.3. The van der Waals surface area contributed by atoms with Crippen molar-refractivity contribution < 1.29 is 4.79 Å². The molecule has 2 fully saturated rings. The number of anilines is 1. The molecule has 0 radical (unpaired) electrons. The van der Waals surface area contributed by atoms with Gasteiger partial charge < -0.3 is 10.2 Å². The second-order valence-electron chi connectivity index (χ2n) is 7.91. The van der Waals surface area contributed by atoms with Gasteiger partial charge >= 0.3 is 0 Å². The van der Waals surface area contributed by atoms with E-state index in [0.717, 1.165) is 49.6 Å². The van der Waals surface area contributed by atoms with Gasteiger partial charge in [0.2, 0.25) is 5.91 Å². The maximum Gasteiger partial charge on any atom is 0.238 e. The summed E-state index contributed by atoms with van der Waals surface area (Å²) in [7, 11) is 0. The Hall–Kier alpha value is -1.84. The van der Waals surface area contributed by atoms with Crippen molar-refractivity contribution in [2.24, 2.45) is 5.92 Å². The van der Waals surface area contributed by atoms with Crippen LogP contribution in [-0.2, 0) is 10.2 Å². The number of carbonyl (C=O) groups is 1. The van der Waals surface area contributed by atoms with Crippen molar-refractivity contribution in [1.82, 2.24) is 5.32 Å². The molecule has 3 nitrogen and oxygen atoms in total. The normalized spacial score (nSPS) is 27.8. The summed E-state index contributed by atoms with van der Waals surface area (Å²) in [5.41, 5.74) is 3.23. The standard InChI is InChI=1S/C22H23ClN2O/c23-17-7-5-16(6-8-17)19-13-22(19)18-3-1-2-4-20(18)25(21(22)26)14-15-9-11-24-12-10-15/h1-8,15,19,24H,9-14H2/t19?,22-/m1/s1. The smallest absolute Gasteiger partial charge is 0.238 e. The van der Waals surface area contributed by atoms with Gasteiger partial charge in [0.15, 0.2) is 0 Å². The summed E-state index contributed by atoms with van der Waals surface area (Å²) in [6.07, 6.45) is 3.21. The number of fused-ring (bicyclic) bond motifs is 2. The summed E-state index contributed by atoms with van der Waals surface area (Å²) in [5, 5.41) is 4.16. The number of nitrogens with zero attached hydrogens (tertiary/aromatic N) is 1. The molecule has 2 atom stereocenters. The van der Waals surface area contributed by atoms with Crippen LogP contribution in [0.15, 0.2) is 48.5 Å². The average Bonchev–Trinajstić information content (AvgIpc) is 3.39. The number of hydrogen-bond donors (Lipinski definition) is 1. The van der Waals surface area contributed by atoms with Crippen LogP contribution >= 0.6 is 11.6 Å². The van der Waals surface area contributed by atoms with Gasteiger partial charge in [-0.25, -0.2) is 0 Å². The molecule has 5 rings (SSSR count). The number of rotatable bonds is 3. The third kappa shape index (κ3) is 2.41. The summed E-state index contributed by atoms with van der Waals surface area (Å²) in [6, 6.07) is 16.4. The fourth-order valence-electron chi connectivity index (χ4n) is 4.95. The third-order valence-electron chi connectivity index (χ3n) is 6.43. The molecule has 1 spiro atoms. The molecule has 1 aliphatic carbocycles. The maximum absolute atomic E-state index is 13.6. The zero-order valence-electron chi connectivity index (χ0n) is 14.7. The van der Waals surface area contributed by atoms with Crippen LogP contribution in [0.5, 0.6) is 0 Å². The molecule has 2 aliphatic heterocycles. The number of hydrogen-bond acceptors (Lipinski definition) is 2. The molecule has 1 amide bonds. The van der Waals surface area contributed by atoms with Crippen LogP contribution in [0.2, 0.25) is 5.02 Å². The number of piperidine rings is 1. The van der Waals surface area contributed by atoms with Crippen molar-refractivity contribution in [3.63, 3.8) is 0 Å². The quantitative estimate of drug-likeness (QED) is 0.886. The number of para-hydroxylation sites is 1. The van der Waals surface area contributed by atoms with Crippen LogP contribution in [-0.4, -0.2) is 25.5 Å². The molecule has 1 N–H and O–H groups in total. The van der Waals surface area contributed by atoms with Crippen molar-refractivity contribution >= 4 is 23.2 Å². The Labute approximate surface area is 159 Å². The summed E-state index contributed by atoms with van der Waals surface area (Å²) in [5.74, 6) is 1.17. The molecule has 134 valence electrons. The fraction of sp³-hybridized carbons (Fsp3) is 0.409. The van der Waals surface area contributed by atoms with E-state index in [4.69, 9.17) is 11.6 Å². The zero-order valence-corrected chi connectivity index (χ0v) is 15.5. The van der Waals surface area contributed by atoms with E-state index in [-0.39, 0.29) is 11.3 Å². The van der Waals surface area contributed by atoms with Crippen LogP contribution in [0.4, 0.5) is 5.69 Å². The summed E-state index contributed by atoms with van der Waals surface area (Å²) in [4.78, 5) is 15.6. The van der Waals surface area contributed by atoms with Gasteiger partial charge in [-0.1, -0.05) is 41.9 Å². The van der Waals surface area contributed by atoms with E-state index in [2.05, 4.69) is 46.6 Å². The number of carbonyl (C=O) groups excluding carboxylic acids is 1. The number of amides is 1. The van der Waals surface area contributed by atoms with E-state index in [1.165, 1.54) is 11.1 Å². The van der Waals surface area contributed by atoms with Gasteiger partial charge in [-0.2, -0.15) is 0 Å². The van der Waals surface area contributed by atoms with E-state index in [0.29, 0.717) is 11.8 Å². The maximum atomic E-state index is 13.6. The first-order chi connectivity index (χ1) is 12.7. The van der Waals surface area contributed by atoms with Crippen LogP contribution in [0.1, 0.15) is 36.3 Å². The Morgan fingerprint density at radius 3 is 2.58 bits per heavy atom. The minimum Gasteiger partial charge on any atom is -0.317 e. The Morgan fingerprint density at radius 2 is 1.81 bits per heavy atom. The van der Waals surface area contributed by atoms with Crippen molar-refractivity contribution in [3.05, 3.63) is 64.7 Å². The minimum atomic E-state index is -0.350. The molecule has 0 aromatic heterocycles. The van der Waals surface area contributed by atoms with Gasteiger partial charge in [0.05, 0.1) is 5.41 Å². The van der Waals surface area contributed by atoms with E-state index in [9.17, 15) is 4.79 Å². The molecule has 2 heterocycles. The van der Waals surface area contributed by atoms with E-state index >= 15 is 0 Å². The van der Waals surface area contributed by atoms with Gasteiger partial charge in [-0.3, -0.25) is 4.79 Å². The lowest BCUT2D eigenvalue weighted by atomic mass is 9.92. The SMILES string of the molecule is O=C1N(CC2CCNCC2)c2ccccc2[C@@]12CC2c1ccc(Cl)cc1. The lowest BCUT2D eigenvalue weighted by molar-refractivity contribution is -0.120. The molecule has 1 saturated heterocycles. The molecular formula is C22H23ClN2O. The molecule has 2 aromatic rings. The second kappa shape index (κ2) is 6.11. The average molecular weight is 367 g/mol. The second-order valence-corrected chi connectivity index (χ2v) is 8.34. The lowest BCUT2D eigenvalue weighted by Crippen LogP contribution is -2.40. The van der Waals surface area contributed by atoms with Gasteiger partial charge in [-0.05, 0) is 67.6 Å². The fourth-order valence-corrected chi connectivity index (χ4v) is 5.08. The first-order valence-corrected chi connectivity index (χ1v) is 9.95. The zero-order chi connectivity index (χ0) is 17.7. The molecule has 4 heteroatoms. The highest BCUT2D eigenvalue weighted by Crippen LogP contribution is 2.66. The predicted molar refractivity (Wildman–Crippen MR) is 105 cm³/mol. The molecule has 1 saturated carbocycles. The summed E-state index contributed by atoms with van der Waals surface area (Å²) < 4.78 is 0. The number of nitrogens with one attached hydrogen (secondary N) is 1. The summed E-state index contributed by atoms with van der Waals surface area (Å²) >= 11 is 6.05.